The molecule has 2 aromatic carbocycles. The van der Waals surface area contributed by atoms with Gasteiger partial charge in [0, 0.05) is 35.2 Å². The van der Waals surface area contributed by atoms with Crippen LogP contribution in [0.1, 0.15) is 48.3 Å². The van der Waals surface area contributed by atoms with Crippen LogP contribution >= 0.6 is 0 Å². The second-order valence-corrected chi connectivity index (χ2v) is 9.71. The summed E-state index contributed by atoms with van der Waals surface area (Å²) in [6.45, 7) is 4.20. The number of fused-ring (bicyclic) bond motifs is 3. The molecule has 3 N–H and O–H groups in total. The number of benzene rings is 2. The van der Waals surface area contributed by atoms with Gasteiger partial charge in [-0.3, -0.25) is 4.79 Å². The van der Waals surface area contributed by atoms with Crippen molar-refractivity contribution in [3.63, 3.8) is 0 Å². The lowest BCUT2D eigenvalue weighted by molar-refractivity contribution is 0.102. The Morgan fingerprint density at radius 3 is 2.58 bits per heavy atom. The van der Waals surface area contributed by atoms with Crippen molar-refractivity contribution >= 4 is 32.5 Å². The molecule has 164 valence electrons. The van der Waals surface area contributed by atoms with Crippen molar-refractivity contribution in [3.8, 4) is 5.75 Å². The van der Waals surface area contributed by atoms with Gasteiger partial charge >= 0.3 is 0 Å². The molecule has 0 saturated heterocycles. The molecule has 1 aliphatic carbocycles. The highest BCUT2D eigenvalue weighted by Gasteiger charge is 2.23. The minimum Gasteiger partial charge on any atom is -0.506 e. The number of H-pyrrole nitrogens is 1. The van der Waals surface area contributed by atoms with Gasteiger partial charge in [0.25, 0.3) is 5.91 Å². The van der Waals surface area contributed by atoms with Crippen LogP contribution in [0.15, 0.2) is 41.3 Å². The molecule has 0 aliphatic heterocycles. The number of nitrogens with zero attached hydrogens (tertiary/aromatic N) is 1. The third-order valence-electron chi connectivity index (χ3n) is 5.92. The molecule has 1 aliphatic rings. The second kappa shape index (κ2) is 8.36. The lowest BCUT2D eigenvalue weighted by atomic mass is 9.95. The number of phenolic OH excluding ortho intramolecular Hbond substituents is 1. The molecule has 31 heavy (non-hydrogen) atoms. The van der Waals surface area contributed by atoms with Gasteiger partial charge in [-0.25, -0.2) is 8.42 Å². The van der Waals surface area contributed by atoms with Crippen molar-refractivity contribution < 1.29 is 18.3 Å². The molecule has 3 aromatic rings. The van der Waals surface area contributed by atoms with Gasteiger partial charge in [0.15, 0.2) is 0 Å². The Labute approximate surface area is 182 Å². The third kappa shape index (κ3) is 3.93. The van der Waals surface area contributed by atoms with Crippen molar-refractivity contribution in [2.75, 3.05) is 18.4 Å². The number of aromatic hydroxyl groups is 1. The first-order valence-corrected chi connectivity index (χ1v) is 12.1. The number of nitrogens with one attached hydrogen (secondary N) is 2. The Hall–Kier alpha value is -2.84. The Kier molecular flexibility index (Phi) is 5.77. The average molecular weight is 442 g/mol. The molecule has 1 heterocycles. The number of aryl methyl sites for hydroxylation is 2. The third-order valence-corrected chi connectivity index (χ3v) is 7.97. The van der Waals surface area contributed by atoms with Crippen molar-refractivity contribution in [2.24, 2.45) is 0 Å². The molecule has 0 saturated carbocycles. The fraction of sp³-hybridized carbons (Fsp3) is 0.348. The lowest BCUT2D eigenvalue weighted by Crippen LogP contribution is -2.30. The summed E-state index contributed by atoms with van der Waals surface area (Å²) in [7, 11) is -3.71. The van der Waals surface area contributed by atoms with E-state index in [2.05, 4.69) is 10.3 Å². The number of rotatable bonds is 6. The van der Waals surface area contributed by atoms with Crippen LogP contribution in [0, 0.1) is 0 Å². The molecule has 7 nitrogen and oxygen atoms in total. The van der Waals surface area contributed by atoms with Crippen LogP contribution < -0.4 is 5.32 Å². The second-order valence-electron chi connectivity index (χ2n) is 7.77. The molecule has 0 bridgehead atoms. The molecular weight excluding hydrogens is 414 g/mol. The van der Waals surface area contributed by atoms with E-state index in [0.29, 0.717) is 18.7 Å². The van der Waals surface area contributed by atoms with E-state index in [1.54, 1.807) is 19.9 Å². The number of amides is 1. The fourth-order valence-corrected chi connectivity index (χ4v) is 5.71. The number of hydrogen-bond acceptors (Lipinski definition) is 4. The first-order chi connectivity index (χ1) is 14.8. The Morgan fingerprint density at radius 2 is 1.84 bits per heavy atom. The number of carbonyl (C=O) groups is 1. The molecule has 0 spiro atoms. The van der Waals surface area contributed by atoms with Crippen molar-refractivity contribution in [1.82, 2.24) is 9.29 Å². The van der Waals surface area contributed by atoms with Crippen molar-refractivity contribution in [1.29, 1.82) is 0 Å². The maximum absolute atomic E-state index is 12.9. The minimum atomic E-state index is -3.71. The average Bonchev–Trinajstić information content (AvgIpc) is 3.13. The maximum atomic E-state index is 12.9. The molecule has 1 amide bonds. The molecule has 1 aromatic heterocycles. The monoisotopic (exact) mass is 441 g/mol. The summed E-state index contributed by atoms with van der Waals surface area (Å²) in [5.74, 6) is -0.590. The summed E-state index contributed by atoms with van der Waals surface area (Å²) in [4.78, 5) is 16.4. The highest BCUT2D eigenvalue weighted by Crippen LogP contribution is 2.31. The standard InChI is InChI=1S/C23H27N3O4S/c1-3-26(4-2)31(29,30)16-10-12-22(27)21(14-16)25-23(28)15-9-11-20-18(13-15)17-7-5-6-8-19(17)24-20/h9-14,24,27H,3-8H2,1-2H3,(H,25,28). The van der Waals surface area contributed by atoms with Crippen LogP contribution in [0.2, 0.25) is 0 Å². The van der Waals surface area contributed by atoms with Crippen LogP contribution in [0.5, 0.6) is 5.75 Å². The van der Waals surface area contributed by atoms with E-state index >= 15 is 0 Å². The molecule has 0 radical (unpaired) electrons. The van der Waals surface area contributed by atoms with Gasteiger partial charge < -0.3 is 15.4 Å². The van der Waals surface area contributed by atoms with E-state index in [1.807, 2.05) is 12.1 Å². The van der Waals surface area contributed by atoms with Crippen LogP contribution in [-0.2, 0) is 22.9 Å². The van der Waals surface area contributed by atoms with Gasteiger partial charge in [0.1, 0.15) is 5.75 Å². The van der Waals surface area contributed by atoms with Crippen molar-refractivity contribution in [2.45, 2.75) is 44.4 Å². The van der Waals surface area contributed by atoms with Crippen LogP contribution in [0.4, 0.5) is 5.69 Å². The molecular formula is C23H27N3O4S. The van der Waals surface area contributed by atoms with Gasteiger partial charge in [0.05, 0.1) is 10.6 Å². The first-order valence-electron chi connectivity index (χ1n) is 10.6. The number of aromatic nitrogens is 1. The number of phenols is 1. The zero-order valence-electron chi connectivity index (χ0n) is 17.7. The number of anilines is 1. The first kappa shape index (κ1) is 21.4. The molecule has 0 atom stereocenters. The summed E-state index contributed by atoms with van der Waals surface area (Å²) in [5, 5.41) is 13.9. The summed E-state index contributed by atoms with van der Waals surface area (Å²) >= 11 is 0. The summed E-state index contributed by atoms with van der Waals surface area (Å²) in [5.41, 5.74) is 4.04. The number of aromatic amines is 1. The zero-order valence-corrected chi connectivity index (χ0v) is 18.6. The van der Waals surface area contributed by atoms with E-state index in [1.165, 1.54) is 40.2 Å². The van der Waals surface area contributed by atoms with E-state index in [0.717, 1.165) is 30.2 Å². The van der Waals surface area contributed by atoms with E-state index in [4.69, 9.17) is 0 Å². The Bertz CT molecular complexity index is 1240. The normalized spacial score (nSPS) is 14.0. The van der Waals surface area contributed by atoms with E-state index < -0.39 is 15.9 Å². The number of carbonyl (C=O) groups excluding carboxylic acids is 1. The Morgan fingerprint density at radius 1 is 1.10 bits per heavy atom. The van der Waals surface area contributed by atoms with Crippen LogP contribution in [0.3, 0.4) is 0 Å². The molecule has 4 rings (SSSR count). The summed E-state index contributed by atoms with van der Waals surface area (Å²) < 4.78 is 26.9. The molecule has 0 unspecified atom stereocenters. The van der Waals surface area contributed by atoms with Gasteiger partial charge in [-0.2, -0.15) is 4.31 Å². The predicted molar refractivity (Wildman–Crippen MR) is 121 cm³/mol. The van der Waals surface area contributed by atoms with Crippen molar-refractivity contribution in [3.05, 3.63) is 53.2 Å². The lowest BCUT2D eigenvalue weighted by Gasteiger charge is -2.19. The van der Waals surface area contributed by atoms with E-state index in [-0.39, 0.29) is 16.3 Å². The zero-order chi connectivity index (χ0) is 22.2. The summed E-state index contributed by atoms with van der Waals surface area (Å²) in [6.07, 6.45) is 4.32. The van der Waals surface area contributed by atoms with Crippen LogP contribution in [-0.4, -0.2) is 41.8 Å². The smallest absolute Gasteiger partial charge is 0.255 e. The molecule has 0 fully saturated rings. The number of sulfonamides is 1. The van der Waals surface area contributed by atoms with Gasteiger partial charge in [-0.15, -0.1) is 0 Å². The maximum Gasteiger partial charge on any atom is 0.255 e. The van der Waals surface area contributed by atoms with Gasteiger partial charge in [-0.1, -0.05) is 13.8 Å². The van der Waals surface area contributed by atoms with Crippen LogP contribution in [0.25, 0.3) is 10.9 Å². The largest absolute Gasteiger partial charge is 0.506 e. The quantitative estimate of drug-likeness (QED) is 0.503. The van der Waals surface area contributed by atoms with Gasteiger partial charge in [-0.05, 0) is 67.6 Å². The number of hydrogen-bond donors (Lipinski definition) is 3. The SMILES string of the molecule is CCN(CC)S(=O)(=O)c1ccc(O)c(NC(=O)c2ccc3[nH]c4c(c3c2)CCCC4)c1. The molecule has 8 heteroatoms. The highest BCUT2D eigenvalue weighted by atomic mass is 32.2. The predicted octanol–water partition coefficient (Wildman–Crippen LogP) is 4.04. The minimum absolute atomic E-state index is 0.0273. The highest BCUT2D eigenvalue weighted by molar-refractivity contribution is 7.89. The fourth-order valence-electron chi connectivity index (χ4n) is 4.23. The Balaban J connectivity index is 1.64. The van der Waals surface area contributed by atoms with E-state index in [9.17, 15) is 18.3 Å². The summed E-state index contributed by atoms with van der Waals surface area (Å²) in [6, 6.07) is 9.42. The topological polar surface area (TPSA) is 102 Å². The van der Waals surface area contributed by atoms with Gasteiger partial charge in [0.2, 0.25) is 10.0 Å².